The molecule has 2 aromatic carbocycles. The molecule has 1 amide bonds. The highest BCUT2D eigenvalue weighted by Gasteiger charge is 2.17. The number of hydrogen-bond acceptors (Lipinski definition) is 3. The summed E-state index contributed by atoms with van der Waals surface area (Å²) < 4.78 is 0. The second-order valence-electron chi connectivity index (χ2n) is 4.80. The monoisotopic (exact) mass is 272 g/mol. The van der Waals surface area contributed by atoms with E-state index in [9.17, 15) is 4.79 Å². The molecule has 0 fully saturated rings. The van der Waals surface area contributed by atoms with Crippen molar-refractivity contribution >= 4 is 22.4 Å². The number of aliphatic hydroxyl groups is 1. The van der Waals surface area contributed by atoms with Crippen LogP contribution in [0.3, 0.4) is 0 Å². The number of nitrogen functional groups attached to an aromatic ring is 1. The SMILES string of the molecule is CCCN(CCO)C(=O)c1cc2ccccc2cc1N. The van der Waals surface area contributed by atoms with E-state index in [1.807, 2.05) is 43.3 Å². The van der Waals surface area contributed by atoms with Crippen LogP contribution in [0.5, 0.6) is 0 Å². The smallest absolute Gasteiger partial charge is 0.256 e. The standard InChI is InChI=1S/C16H20N2O2/c1-2-7-18(8-9-19)16(20)14-10-12-5-3-4-6-13(12)11-15(14)17/h3-6,10-11,19H,2,7-9,17H2,1H3. The van der Waals surface area contributed by atoms with Crippen LogP contribution >= 0.6 is 0 Å². The summed E-state index contributed by atoms with van der Waals surface area (Å²) in [5, 5.41) is 11.1. The van der Waals surface area contributed by atoms with Gasteiger partial charge in [-0.25, -0.2) is 0 Å². The van der Waals surface area contributed by atoms with Crippen molar-refractivity contribution in [2.45, 2.75) is 13.3 Å². The second kappa shape index (κ2) is 6.39. The molecule has 0 aliphatic heterocycles. The minimum Gasteiger partial charge on any atom is -0.398 e. The fourth-order valence-electron chi connectivity index (χ4n) is 2.32. The summed E-state index contributed by atoms with van der Waals surface area (Å²) in [6, 6.07) is 11.5. The van der Waals surface area contributed by atoms with Gasteiger partial charge in [0.2, 0.25) is 0 Å². The summed E-state index contributed by atoms with van der Waals surface area (Å²) in [6.45, 7) is 2.91. The van der Waals surface area contributed by atoms with Crippen LogP contribution in [0.2, 0.25) is 0 Å². The number of anilines is 1. The summed E-state index contributed by atoms with van der Waals surface area (Å²) in [7, 11) is 0. The first-order chi connectivity index (χ1) is 9.67. The van der Waals surface area contributed by atoms with E-state index < -0.39 is 0 Å². The lowest BCUT2D eigenvalue weighted by Gasteiger charge is -2.22. The number of amides is 1. The number of nitrogens with zero attached hydrogens (tertiary/aromatic N) is 1. The van der Waals surface area contributed by atoms with Crippen LogP contribution < -0.4 is 5.73 Å². The summed E-state index contributed by atoms with van der Waals surface area (Å²) >= 11 is 0. The molecule has 0 spiro atoms. The van der Waals surface area contributed by atoms with E-state index in [1.165, 1.54) is 0 Å². The molecule has 2 aromatic rings. The lowest BCUT2D eigenvalue weighted by Crippen LogP contribution is -2.34. The lowest BCUT2D eigenvalue weighted by atomic mass is 10.0. The molecule has 0 unspecified atom stereocenters. The van der Waals surface area contributed by atoms with E-state index in [-0.39, 0.29) is 12.5 Å². The maximum absolute atomic E-state index is 12.5. The van der Waals surface area contributed by atoms with Gasteiger partial charge in [0.05, 0.1) is 12.2 Å². The highest BCUT2D eigenvalue weighted by molar-refractivity contribution is 6.03. The Morgan fingerprint density at radius 3 is 2.45 bits per heavy atom. The topological polar surface area (TPSA) is 66.6 Å². The van der Waals surface area contributed by atoms with Gasteiger partial charge in [0.25, 0.3) is 5.91 Å². The first-order valence-electron chi connectivity index (χ1n) is 6.85. The van der Waals surface area contributed by atoms with E-state index in [4.69, 9.17) is 10.8 Å². The van der Waals surface area contributed by atoms with Crippen molar-refractivity contribution < 1.29 is 9.90 Å². The van der Waals surface area contributed by atoms with Crippen LogP contribution in [0.15, 0.2) is 36.4 Å². The van der Waals surface area contributed by atoms with E-state index in [1.54, 1.807) is 4.90 Å². The molecule has 0 radical (unpaired) electrons. The fourth-order valence-corrected chi connectivity index (χ4v) is 2.32. The van der Waals surface area contributed by atoms with Crippen molar-refractivity contribution in [3.05, 3.63) is 42.0 Å². The van der Waals surface area contributed by atoms with E-state index in [0.29, 0.717) is 24.3 Å². The van der Waals surface area contributed by atoms with Crippen molar-refractivity contribution in [1.82, 2.24) is 4.90 Å². The molecule has 0 bridgehead atoms. The van der Waals surface area contributed by atoms with Crippen LogP contribution in [0, 0.1) is 0 Å². The molecule has 4 nitrogen and oxygen atoms in total. The van der Waals surface area contributed by atoms with Crippen molar-refractivity contribution in [3.63, 3.8) is 0 Å². The third-order valence-corrected chi connectivity index (χ3v) is 3.30. The Balaban J connectivity index is 2.39. The zero-order valence-electron chi connectivity index (χ0n) is 11.7. The maximum atomic E-state index is 12.5. The number of hydrogen-bond donors (Lipinski definition) is 2. The zero-order chi connectivity index (χ0) is 14.5. The predicted octanol–water partition coefficient (Wildman–Crippen LogP) is 2.27. The molecule has 0 atom stereocenters. The number of carbonyl (C=O) groups is 1. The molecule has 0 aliphatic rings. The Bertz CT molecular complexity index is 604. The number of benzene rings is 2. The Hall–Kier alpha value is -2.07. The van der Waals surface area contributed by atoms with Gasteiger partial charge < -0.3 is 15.7 Å². The normalized spacial score (nSPS) is 10.7. The highest BCUT2D eigenvalue weighted by Crippen LogP contribution is 2.23. The Labute approximate surface area is 118 Å². The number of rotatable bonds is 5. The van der Waals surface area contributed by atoms with Crippen LogP contribution in [-0.2, 0) is 0 Å². The van der Waals surface area contributed by atoms with Gasteiger partial charge in [0, 0.05) is 18.8 Å². The molecule has 106 valence electrons. The van der Waals surface area contributed by atoms with Gasteiger partial charge >= 0.3 is 0 Å². The van der Waals surface area contributed by atoms with Crippen molar-refractivity contribution in [2.75, 3.05) is 25.4 Å². The summed E-state index contributed by atoms with van der Waals surface area (Å²) in [4.78, 5) is 14.2. The predicted molar refractivity (Wildman–Crippen MR) is 81.6 cm³/mol. The summed E-state index contributed by atoms with van der Waals surface area (Å²) in [5.74, 6) is -0.121. The molecular formula is C16H20N2O2. The van der Waals surface area contributed by atoms with Gasteiger partial charge in [-0.15, -0.1) is 0 Å². The van der Waals surface area contributed by atoms with Crippen molar-refractivity contribution in [2.24, 2.45) is 0 Å². The molecule has 0 saturated heterocycles. The van der Waals surface area contributed by atoms with E-state index in [2.05, 4.69) is 0 Å². The number of aliphatic hydroxyl groups excluding tert-OH is 1. The van der Waals surface area contributed by atoms with Gasteiger partial charge in [0.1, 0.15) is 0 Å². The highest BCUT2D eigenvalue weighted by atomic mass is 16.3. The third kappa shape index (κ3) is 2.91. The van der Waals surface area contributed by atoms with Crippen molar-refractivity contribution in [3.8, 4) is 0 Å². The first kappa shape index (κ1) is 14.3. The quantitative estimate of drug-likeness (QED) is 0.820. The Morgan fingerprint density at radius 2 is 1.85 bits per heavy atom. The van der Waals surface area contributed by atoms with E-state index >= 15 is 0 Å². The Kier molecular flexibility index (Phi) is 4.58. The summed E-state index contributed by atoms with van der Waals surface area (Å²) in [5.41, 5.74) is 6.99. The molecular weight excluding hydrogens is 252 g/mol. The molecule has 4 heteroatoms. The molecule has 0 aromatic heterocycles. The molecule has 2 rings (SSSR count). The van der Waals surface area contributed by atoms with Gasteiger partial charge in [0.15, 0.2) is 0 Å². The van der Waals surface area contributed by atoms with Crippen LogP contribution in [0.4, 0.5) is 5.69 Å². The zero-order valence-corrected chi connectivity index (χ0v) is 11.7. The van der Waals surface area contributed by atoms with Gasteiger partial charge in [-0.3, -0.25) is 4.79 Å². The van der Waals surface area contributed by atoms with Crippen LogP contribution in [-0.4, -0.2) is 35.6 Å². The van der Waals surface area contributed by atoms with Crippen LogP contribution in [0.1, 0.15) is 23.7 Å². The maximum Gasteiger partial charge on any atom is 0.256 e. The van der Waals surface area contributed by atoms with Crippen LogP contribution in [0.25, 0.3) is 10.8 Å². The average Bonchev–Trinajstić information content (AvgIpc) is 2.45. The number of nitrogens with two attached hydrogens (primary N) is 1. The van der Waals surface area contributed by atoms with Crippen molar-refractivity contribution in [1.29, 1.82) is 0 Å². The average molecular weight is 272 g/mol. The molecule has 0 heterocycles. The third-order valence-electron chi connectivity index (χ3n) is 3.30. The van der Waals surface area contributed by atoms with Gasteiger partial charge in [-0.2, -0.15) is 0 Å². The minimum atomic E-state index is -0.121. The van der Waals surface area contributed by atoms with Gasteiger partial charge in [-0.1, -0.05) is 31.2 Å². The molecule has 3 N–H and O–H groups in total. The number of carbonyl (C=O) groups excluding carboxylic acids is 1. The molecule has 0 aliphatic carbocycles. The fraction of sp³-hybridized carbons (Fsp3) is 0.312. The Morgan fingerprint density at radius 1 is 1.20 bits per heavy atom. The largest absolute Gasteiger partial charge is 0.398 e. The van der Waals surface area contributed by atoms with E-state index in [0.717, 1.165) is 17.2 Å². The summed E-state index contributed by atoms with van der Waals surface area (Å²) in [6.07, 6.45) is 0.846. The first-order valence-corrected chi connectivity index (χ1v) is 6.85. The second-order valence-corrected chi connectivity index (χ2v) is 4.80. The lowest BCUT2D eigenvalue weighted by molar-refractivity contribution is 0.0723. The molecule has 0 saturated carbocycles. The van der Waals surface area contributed by atoms with Gasteiger partial charge in [-0.05, 0) is 29.3 Å². The minimum absolute atomic E-state index is 0.0424. The molecule has 20 heavy (non-hydrogen) atoms. The number of fused-ring (bicyclic) bond motifs is 1.